The Labute approximate surface area is 141 Å². The average Bonchev–Trinajstić information content (AvgIpc) is 3.22. The molecule has 0 aromatic carbocycles. The van der Waals surface area contributed by atoms with E-state index in [0.717, 1.165) is 43.9 Å². The smallest absolute Gasteiger partial charge is 0.151 e. The molecule has 2 aromatic rings. The SMILES string of the molecule is O=S1(=O)CCC(N2CCC(c3ncnn3-c3ccncc3)CC2)C1. The number of hydrogen-bond donors (Lipinski definition) is 0. The van der Waals surface area contributed by atoms with Crippen molar-refractivity contribution in [1.82, 2.24) is 24.6 Å². The largest absolute Gasteiger partial charge is 0.299 e. The number of nitrogens with zero attached hydrogens (tertiary/aromatic N) is 5. The van der Waals surface area contributed by atoms with E-state index in [0.29, 0.717) is 17.4 Å². The standard InChI is InChI=1S/C16H21N5O2S/c22-24(23)10-5-15(11-24)20-8-3-13(4-9-20)16-18-12-19-21(16)14-1-6-17-7-2-14/h1-2,6-7,12-13,15H,3-5,8-11H2. The Kier molecular flexibility index (Phi) is 4.09. The number of hydrogen-bond acceptors (Lipinski definition) is 6. The van der Waals surface area contributed by atoms with Crippen LogP contribution in [0, 0.1) is 0 Å². The van der Waals surface area contributed by atoms with Crippen molar-refractivity contribution in [3.63, 3.8) is 0 Å². The van der Waals surface area contributed by atoms with Gasteiger partial charge in [-0.25, -0.2) is 18.1 Å². The lowest BCUT2D eigenvalue weighted by Crippen LogP contribution is -2.41. The molecule has 0 N–H and O–H groups in total. The van der Waals surface area contributed by atoms with Gasteiger partial charge < -0.3 is 0 Å². The molecule has 0 bridgehead atoms. The first kappa shape index (κ1) is 15.7. The van der Waals surface area contributed by atoms with E-state index in [2.05, 4.69) is 20.0 Å². The summed E-state index contributed by atoms with van der Waals surface area (Å²) >= 11 is 0. The Morgan fingerprint density at radius 2 is 1.83 bits per heavy atom. The minimum Gasteiger partial charge on any atom is -0.299 e. The van der Waals surface area contributed by atoms with Crippen molar-refractivity contribution in [1.29, 1.82) is 0 Å². The van der Waals surface area contributed by atoms with Gasteiger partial charge in [-0.1, -0.05) is 0 Å². The molecule has 2 aliphatic rings. The fraction of sp³-hybridized carbons (Fsp3) is 0.562. The molecule has 0 amide bonds. The molecule has 0 saturated carbocycles. The molecular weight excluding hydrogens is 326 g/mol. The van der Waals surface area contributed by atoms with Gasteiger partial charge in [-0.05, 0) is 44.5 Å². The van der Waals surface area contributed by atoms with E-state index in [4.69, 9.17) is 0 Å². The van der Waals surface area contributed by atoms with Crippen LogP contribution in [0.15, 0.2) is 30.9 Å². The third kappa shape index (κ3) is 3.08. The second-order valence-electron chi connectivity index (χ2n) is 6.60. The van der Waals surface area contributed by atoms with E-state index >= 15 is 0 Å². The van der Waals surface area contributed by atoms with Crippen LogP contribution >= 0.6 is 0 Å². The van der Waals surface area contributed by atoms with Crippen molar-refractivity contribution in [3.8, 4) is 5.69 Å². The van der Waals surface area contributed by atoms with Gasteiger partial charge >= 0.3 is 0 Å². The minimum absolute atomic E-state index is 0.203. The van der Waals surface area contributed by atoms with Crippen LogP contribution in [0.1, 0.15) is 31.0 Å². The lowest BCUT2D eigenvalue weighted by molar-refractivity contribution is 0.162. The zero-order valence-corrected chi connectivity index (χ0v) is 14.3. The molecule has 1 unspecified atom stereocenters. The lowest BCUT2D eigenvalue weighted by atomic mass is 9.94. The number of likely N-dealkylation sites (tertiary alicyclic amines) is 1. The van der Waals surface area contributed by atoms with Gasteiger partial charge in [0.2, 0.25) is 0 Å². The quantitative estimate of drug-likeness (QED) is 0.825. The lowest BCUT2D eigenvalue weighted by Gasteiger charge is -2.35. The predicted octanol–water partition coefficient (Wildman–Crippen LogP) is 1.03. The number of piperidine rings is 1. The molecule has 1 atom stereocenters. The normalized spacial score (nSPS) is 25.1. The maximum atomic E-state index is 11.7. The molecule has 4 rings (SSSR count). The van der Waals surface area contributed by atoms with Crippen molar-refractivity contribution < 1.29 is 8.42 Å². The third-order valence-corrected chi connectivity index (χ3v) is 6.85. The van der Waals surface area contributed by atoms with Crippen LogP contribution in [-0.2, 0) is 9.84 Å². The van der Waals surface area contributed by atoms with E-state index in [1.54, 1.807) is 18.7 Å². The Bertz CT molecular complexity index is 797. The number of sulfone groups is 1. The first-order chi connectivity index (χ1) is 11.6. The van der Waals surface area contributed by atoms with Gasteiger partial charge in [0.25, 0.3) is 0 Å². The summed E-state index contributed by atoms with van der Waals surface area (Å²) in [7, 11) is -2.82. The van der Waals surface area contributed by atoms with Crippen LogP contribution in [0.5, 0.6) is 0 Å². The van der Waals surface area contributed by atoms with Crippen LogP contribution in [0.3, 0.4) is 0 Å². The number of pyridine rings is 1. The molecule has 2 aromatic heterocycles. The molecule has 7 nitrogen and oxygen atoms in total. The molecule has 4 heterocycles. The van der Waals surface area contributed by atoms with Gasteiger partial charge in [0.05, 0.1) is 17.2 Å². The average molecular weight is 347 g/mol. The highest BCUT2D eigenvalue weighted by Crippen LogP contribution is 2.30. The zero-order chi connectivity index (χ0) is 16.6. The molecule has 24 heavy (non-hydrogen) atoms. The molecule has 0 spiro atoms. The van der Waals surface area contributed by atoms with Gasteiger partial charge in [-0.15, -0.1) is 0 Å². The number of aromatic nitrogens is 4. The molecule has 8 heteroatoms. The van der Waals surface area contributed by atoms with Gasteiger partial charge in [-0.2, -0.15) is 5.10 Å². The molecule has 2 aliphatic heterocycles. The summed E-state index contributed by atoms with van der Waals surface area (Å²) in [6.07, 6.45) is 7.86. The maximum Gasteiger partial charge on any atom is 0.151 e. The van der Waals surface area contributed by atoms with Crippen molar-refractivity contribution in [2.24, 2.45) is 0 Å². The second-order valence-corrected chi connectivity index (χ2v) is 8.83. The Balaban J connectivity index is 1.45. The zero-order valence-electron chi connectivity index (χ0n) is 13.5. The van der Waals surface area contributed by atoms with E-state index in [-0.39, 0.29) is 6.04 Å². The summed E-state index contributed by atoms with van der Waals surface area (Å²) < 4.78 is 25.3. The van der Waals surface area contributed by atoms with Gasteiger partial charge in [0.15, 0.2) is 9.84 Å². The first-order valence-corrected chi connectivity index (χ1v) is 10.2. The Hall–Kier alpha value is -1.80. The van der Waals surface area contributed by atoms with E-state index in [9.17, 15) is 8.42 Å². The fourth-order valence-corrected chi connectivity index (χ4v) is 5.56. The third-order valence-electron chi connectivity index (χ3n) is 5.10. The summed E-state index contributed by atoms with van der Waals surface area (Å²) in [5.74, 6) is 2.01. The Morgan fingerprint density at radius 1 is 1.08 bits per heavy atom. The van der Waals surface area contributed by atoms with Crippen molar-refractivity contribution in [3.05, 3.63) is 36.7 Å². The van der Waals surface area contributed by atoms with Gasteiger partial charge in [0, 0.05) is 24.4 Å². The molecule has 0 aliphatic carbocycles. The van der Waals surface area contributed by atoms with Gasteiger partial charge in [-0.3, -0.25) is 9.88 Å². The maximum absolute atomic E-state index is 11.7. The summed E-state index contributed by atoms with van der Waals surface area (Å²) in [5, 5.41) is 4.36. The summed E-state index contributed by atoms with van der Waals surface area (Å²) in [6.45, 7) is 1.85. The van der Waals surface area contributed by atoms with E-state index in [1.165, 1.54) is 0 Å². The summed E-state index contributed by atoms with van der Waals surface area (Å²) in [5.41, 5.74) is 0.974. The first-order valence-electron chi connectivity index (χ1n) is 8.37. The van der Waals surface area contributed by atoms with Crippen LogP contribution in [0.4, 0.5) is 0 Å². The second kappa shape index (κ2) is 6.25. The van der Waals surface area contributed by atoms with Crippen molar-refractivity contribution in [2.45, 2.75) is 31.2 Å². The molecule has 128 valence electrons. The molecule has 0 radical (unpaired) electrons. The molecular formula is C16H21N5O2S. The minimum atomic E-state index is -2.82. The van der Waals surface area contributed by atoms with Crippen LogP contribution < -0.4 is 0 Å². The summed E-state index contributed by atoms with van der Waals surface area (Å²) in [6, 6.07) is 4.06. The highest BCUT2D eigenvalue weighted by Gasteiger charge is 2.35. The van der Waals surface area contributed by atoms with Crippen molar-refractivity contribution in [2.75, 3.05) is 24.6 Å². The van der Waals surface area contributed by atoms with E-state index in [1.807, 2.05) is 16.8 Å². The predicted molar refractivity (Wildman–Crippen MR) is 89.8 cm³/mol. The monoisotopic (exact) mass is 347 g/mol. The Morgan fingerprint density at radius 3 is 2.50 bits per heavy atom. The number of rotatable bonds is 3. The fourth-order valence-electron chi connectivity index (χ4n) is 3.80. The molecule has 2 fully saturated rings. The van der Waals surface area contributed by atoms with Crippen LogP contribution in [-0.4, -0.2) is 63.7 Å². The molecule has 2 saturated heterocycles. The highest BCUT2D eigenvalue weighted by molar-refractivity contribution is 7.91. The topological polar surface area (TPSA) is 81.0 Å². The van der Waals surface area contributed by atoms with Crippen LogP contribution in [0.2, 0.25) is 0 Å². The van der Waals surface area contributed by atoms with E-state index < -0.39 is 9.84 Å². The summed E-state index contributed by atoms with van der Waals surface area (Å²) in [4.78, 5) is 10.9. The highest BCUT2D eigenvalue weighted by atomic mass is 32.2. The van der Waals surface area contributed by atoms with Crippen LogP contribution in [0.25, 0.3) is 5.69 Å². The van der Waals surface area contributed by atoms with Gasteiger partial charge in [0.1, 0.15) is 12.2 Å². The van der Waals surface area contributed by atoms with Crippen molar-refractivity contribution >= 4 is 9.84 Å².